The third-order valence-electron chi connectivity index (χ3n) is 4.33. The van der Waals surface area contributed by atoms with Gasteiger partial charge in [0.15, 0.2) is 0 Å². The number of hydrogen-bond acceptors (Lipinski definition) is 4. The van der Waals surface area contributed by atoms with E-state index in [4.69, 9.17) is 4.52 Å². The monoisotopic (exact) mass is 338 g/mol. The first kappa shape index (κ1) is 17.0. The van der Waals surface area contributed by atoms with E-state index in [1.807, 2.05) is 49.8 Å². The highest BCUT2D eigenvalue weighted by Gasteiger charge is 2.22. The summed E-state index contributed by atoms with van der Waals surface area (Å²) >= 11 is 0. The average Bonchev–Trinajstić information content (AvgIpc) is 3.25. The molecule has 6 nitrogen and oxygen atoms in total. The average molecular weight is 338 g/mol. The van der Waals surface area contributed by atoms with Gasteiger partial charge in [0.1, 0.15) is 5.76 Å². The molecule has 0 bridgehead atoms. The standard InChI is InChI=1S/C19H22N4O2/c1-13(18-14(2)22-25-15(18)3)19(24)20-11-9-16-5-7-17(8-6-16)23-12-4-10-21-23/h4-8,10,12-13H,9,11H2,1-3H3,(H,20,24)/t13-/m1/s1. The molecule has 3 rings (SSSR count). The van der Waals surface area contributed by atoms with E-state index in [9.17, 15) is 4.79 Å². The number of rotatable bonds is 6. The van der Waals surface area contributed by atoms with Gasteiger partial charge in [0.05, 0.1) is 17.3 Å². The smallest absolute Gasteiger partial charge is 0.227 e. The van der Waals surface area contributed by atoms with Crippen LogP contribution in [0, 0.1) is 13.8 Å². The molecule has 1 N–H and O–H groups in total. The van der Waals surface area contributed by atoms with Gasteiger partial charge in [-0.25, -0.2) is 4.68 Å². The molecule has 1 aromatic carbocycles. The van der Waals surface area contributed by atoms with E-state index >= 15 is 0 Å². The number of aryl methyl sites for hydroxylation is 2. The maximum absolute atomic E-state index is 12.4. The lowest BCUT2D eigenvalue weighted by atomic mass is 9.98. The first-order chi connectivity index (χ1) is 12.1. The number of hydrogen-bond donors (Lipinski definition) is 1. The molecule has 0 saturated carbocycles. The molecule has 3 aromatic rings. The third-order valence-corrected chi connectivity index (χ3v) is 4.33. The fraction of sp³-hybridized carbons (Fsp3) is 0.316. The summed E-state index contributed by atoms with van der Waals surface area (Å²) in [5, 5.41) is 11.1. The lowest BCUT2D eigenvalue weighted by molar-refractivity contribution is -0.122. The largest absolute Gasteiger partial charge is 0.361 e. The van der Waals surface area contributed by atoms with E-state index < -0.39 is 0 Å². The maximum atomic E-state index is 12.4. The Kier molecular flexibility index (Phi) is 4.97. The summed E-state index contributed by atoms with van der Waals surface area (Å²) in [5.74, 6) is 0.422. The fourth-order valence-electron chi connectivity index (χ4n) is 2.96. The van der Waals surface area contributed by atoms with Crippen molar-refractivity contribution in [1.29, 1.82) is 0 Å². The van der Waals surface area contributed by atoms with Crippen molar-refractivity contribution in [3.05, 3.63) is 65.3 Å². The molecule has 2 aromatic heterocycles. The number of carbonyl (C=O) groups is 1. The van der Waals surface area contributed by atoms with Gasteiger partial charge in [-0.2, -0.15) is 5.10 Å². The van der Waals surface area contributed by atoms with Crippen molar-refractivity contribution >= 4 is 5.91 Å². The molecular formula is C19H22N4O2. The van der Waals surface area contributed by atoms with Crippen LogP contribution < -0.4 is 5.32 Å². The van der Waals surface area contributed by atoms with Gasteiger partial charge in [-0.05, 0) is 51.0 Å². The van der Waals surface area contributed by atoms with Crippen molar-refractivity contribution in [2.24, 2.45) is 0 Å². The molecule has 1 atom stereocenters. The van der Waals surface area contributed by atoms with Gasteiger partial charge in [0, 0.05) is 24.5 Å². The van der Waals surface area contributed by atoms with Gasteiger partial charge in [0.25, 0.3) is 0 Å². The Morgan fingerprint density at radius 1 is 1.28 bits per heavy atom. The lowest BCUT2D eigenvalue weighted by Gasteiger charge is -2.12. The van der Waals surface area contributed by atoms with Crippen LogP contribution in [0.5, 0.6) is 0 Å². The van der Waals surface area contributed by atoms with Crippen LogP contribution in [0.2, 0.25) is 0 Å². The molecule has 0 saturated heterocycles. The van der Waals surface area contributed by atoms with Crippen LogP contribution in [0.4, 0.5) is 0 Å². The van der Waals surface area contributed by atoms with Gasteiger partial charge >= 0.3 is 0 Å². The van der Waals surface area contributed by atoms with Crippen LogP contribution in [0.15, 0.2) is 47.2 Å². The third kappa shape index (κ3) is 3.79. The fourth-order valence-corrected chi connectivity index (χ4v) is 2.96. The first-order valence-corrected chi connectivity index (χ1v) is 8.35. The van der Waals surface area contributed by atoms with Crippen molar-refractivity contribution in [1.82, 2.24) is 20.3 Å². The molecule has 6 heteroatoms. The Morgan fingerprint density at radius 3 is 2.64 bits per heavy atom. The number of benzene rings is 1. The molecular weight excluding hydrogens is 316 g/mol. The number of aromatic nitrogens is 3. The normalized spacial score (nSPS) is 12.1. The van der Waals surface area contributed by atoms with Gasteiger partial charge in [-0.3, -0.25) is 4.79 Å². The van der Waals surface area contributed by atoms with Crippen molar-refractivity contribution in [3.63, 3.8) is 0 Å². The van der Waals surface area contributed by atoms with Gasteiger partial charge < -0.3 is 9.84 Å². The first-order valence-electron chi connectivity index (χ1n) is 8.35. The van der Waals surface area contributed by atoms with E-state index in [2.05, 4.69) is 27.7 Å². The number of amides is 1. The zero-order chi connectivity index (χ0) is 17.8. The SMILES string of the molecule is Cc1noc(C)c1[C@@H](C)C(=O)NCCc1ccc(-n2cccn2)cc1. The molecule has 130 valence electrons. The topological polar surface area (TPSA) is 73.0 Å². The summed E-state index contributed by atoms with van der Waals surface area (Å²) in [6.07, 6.45) is 4.44. The lowest BCUT2D eigenvalue weighted by Crippen LogP contribution is -2.30. The molecule has 1 amide bonds. The van der Waals surface area contributed by atoms with Gasteiger partial charge in [-0.1, -0.05) is 17.3 Å². The summed E-state index contributed by atoms with van der Waals surface area (Å²) in [6, 6.07) is 10.1. The summed E-state index contributed by atoms with van der Waals surface area (Å²) in [6.45, 7) is 6.16. The molecule has 0 radical (unpaired) electrons. The minimum absolute atomic E-state index is 0.0115. The minimum atomic E-state index is -0.270. The van der Waals surface area contributed by atoms with Crippen LogP contribution in [0.25, 0.3) is 5.69 Å². The molecule has 25 heavy (non-hydrogen) atoms. The number of carbonyl (C=O) groups excluding carboxylic acids is 1. The minimum Gasteiger partial charge on any atom is -0.361 e. The molecule has 0 aliphatic heterocycles. The van der Waals surface area contributed by atoms with Gasteiger partial charge in [-0.15, -0.1) is 0 Å². The molecule has 0 aliphatic rings. The van der Waals surface area contributed by atoms with Crippen molar-refractivity contribution < 1.29 is 9.32 Å². The highest BCUT2D eigenvalue weighted by Crippen LogP contribution is 2.23. The van der Waals surface area contributed by atoms with E-state index in [1.165, 1.54) is 5.56 Å². The Morgan fingerprint density at radius 2 is 2.04 bits per heavy atom. The van der Waals surface area contributed by atoms with Gasteiger partial charge in [0.2, 0.25) is 5.91 Å². The van der Waals surface area contributed by atoms with Crippen LogP contribution in [0.3, 0.4) is 0 Å². The van der Waals surface area contributed by atoms with E-state index in [0.717, 1.165) is 23.4 Å². The van der Waals surface area contributed by atoms with E-state index in [-0.39, 0.29) is 11.8 Å². The number of nitrogens with zero attached hydrogens (tertiary/aromatic N) is 3. The number of nitrogens with one attached hydrogen (secondary N) is 1. The molecule has 0 spiro atoms. The van der Waals surface area contributed by atoms with E-state index in [0.29, 0.717) is 12.3 Å². The summed E-state index contributed by atoms with van der Waals surface area (Å²) < 4.78 is 6.96. The Balaban J connectivity index is 1.53. The quantitative estimate of drug-likeness (QED) is 0.750. The molecule has 0 aliphatic carbocycles. The zero-order valence-corrected chi connectivity index (χ0v) is 14.7. The summed E-state index contributed by atoms with van der Waals surface area (Å²) in [7, 11) is 0. The van der Waals surface area contributed by atoms with Crippen molar-refractivity contribution in [3.8, 4) is 5.69 Å². The maximum Gasteiger partial charge on any atom is 0.227 e. The Hall–Kier alpha value is -2.89. The zero-order valence-electron chi connectivity index (χ0n) is 14.7. The second kappa shape index (κ2) is 7.34. The highest BCUT2D eigenvalue weighted by atomic mass is 16.5. The van der Waals surface area contributed by atoms with Crippen LogP contribution in [0.1, 0.15) is 35.4 Å². The van der Waals surface area contributed by atoms with E-state index in [1.54, 1.807) is 6.20 Å². The summed E-state index contributed by atoms with van der Waals surface area (Å²) in [4.78, 5) is 12.4. The second-order valence-corrected chi connectivity index (χ2v) is 6.12. The predicted molar refractivity (Wildman–Crippen MR) is 94.7 cm³/mol. The highest BCUT2D eigenvalue weighted by molar-refractivity contribution is 5.83. The van der Waals surface area contributed by atoms with Crippen LogP contribution in [-0.4, -0.2) is 27.4 Å². The molecule has 0 fully saturated rings. The Bertz CT molecular complexity index is 815. The van der Waals surface area contributed by atoms with Crippen LogP contribution in [-0.2, 0) is 11.2 Å². The predicted octanol–water partition coefficient (Wildman–Crippen LogP) is 2.94. The van der Waals surface area contributed by atoms with Crippen molar-refractivity contribution in [2.75, 3.05) is 6.54 Å². The van der Waals surface area contributed by atoms with Crippen molar-refractivity contribution in [2.45, 2.75) is 33.1 Å². The molecule has 0 unspecified atom stereocenters. The second-order valence-electron chi connectivity index (χ2n) is 6.12. The Labute approximate surface area is 146 Å². The molecule has 2 heterocycles. The van der Waals surface area contributed by atoms with Crippen LogP contribution >= 0.6 is 0 Å². The summed E-state index contributed by atoms with van der Waals surface area (Å²) in [5.41, 5.74) is 3.83.